The Labute approximate surface area is 125 Å². The first kappa shape index (κ1) is 14.4. The second-order valence-corrected chi connectivity index (χ2v) is 4.91. The Hall–Kier alpha value is -2.01. The molecule has 5 heteroatoms. The highest BCUT2D eigenvalue weighted by Crippen LogP contribution is 2.24. The van der Waals surface area contributed by atoms with Gasteiger partial charge in [-0.25, -0.2) is 4.79 Å². The van der Waals surface area contributed by atoms with Gasteiger partial charge in [-0.05, 0) is 40.2 Å². The van der Waals surface area contributed by atoms with Crippen molar-refractivity contribution in [1.82, 2.24) is 0 Å². The third-order valence-corrected chi connectivity index (χ3v) is 3.32. The van der Waals surface area contributed by atoms with Crippen LogP contribution in [0.2, 0.25) is 0 Å². The molecule has 2 aromatic rings. The molecule has 2 aromatic carbocycles. The van der Waals surface area contributed by atoms with Crippen molar-refractivity contribution in [3.05, 3.63) is 58.6 Å². The molecule has 0 fully saturated rings. The minimum atomic E-state index is -0.969. The summed E-state index contributed by atoms with van der Waals surface area (Å²) in [6.07, 6.45) is 0. The molecule has 0 saturated heterocycles. The van der Waals surface area contributed by atoms with Gasteiger partial charge in [-0.1, -0.05) is 24.3 Å². The van der Waals surface area contributed by atoms with E-state index in [1.807, 2.05) is 30.3 Å². The molecule has 0 amide bonds. The third kappa shape index (κ3) is 3.74. The van der Waals surface area contributed by atoms with Gasteiger partial charge in [-0.15, -0.1) is 0 Å². The van der Waals surface area contributed by atoms with E-state index in [4.69, 9.17) is 4.74 Å². The van der Waals surface area contributed by atoms with E-state index in [9.17, 15) is 9.90 Å². The maximum Gasteiger partial charge on any atom is 0.338 e. The lowest BCUT2D eigenvalue weighted by Gasteiger charge is -2.11. The zero-order valence-corrected chi connectivity index (χ0v) is 12.3. The fourth-order valence-corrected chi connectivity index (χ4v) is 2.30. The van der Waals surface area contributed by atoms with Crippen LogP contribution in [0, 0.1) is 0 Å². The summed E-state index contributed by atoms with van der Waals surface area (Å²) in [7, 11) is 0. The van der Waals surface area contributed by atoms with Crippen LogP contribution in [0.15, 0.2) is 53.0 Å². The number of halogens is 1. The number of aromatic carboxylic acids is 1. The molecule has 4 nitrogen and oxygen atoms in total. The maximum absolute atomic E-state index is 11.2. The number of hydrogen-bond donors (Lipinski definition) is 2. The number of carboxylic acids is 1. The molecule has 20 heavy (non-hydrogen) atoms. The van der Waals surface area contributed by atoms with Crippen LogP contribution in [0.3, 0.4) is 0 Å². The second-order valence-electron chi connectivity index (χ2n) is 4.06. The van der Waals surface area contributed by atoms with Crippen molar-refractivity contribution in [2.75, 3.05) is 18.5 Å². The summed E-state index contributed by atoms with van der Waals surface area (Å²) in [5.74, 6) is -0.175. The number of nitrogens with one attached hydrogen (secondary N) is 1. The lowest BCUT2D eigenvalue weighted by molar-refractivity contribution is 0.0697. The van der Waals surface area contributed by atoms with Crippen LogP contribution in [0.4, 0.5) is 5.69 Å². The minimum absolute atomic E-state index is 0.229. The third-order valence-electron chi connectivity index (χ3n) is 2.66. The van der Waals surface area contributed by atoms with E-state index in [2.05, 4.69) is 21.2 Å². The molecular weight excluding hydrogens is 322 g/mol. The van der Waals surface area contributed by atoms with Gasteiger partial charge in [0, 0.05) is 16.7 Å². The largest absolute Gasteiger partial charge is 0.492 e. The van der Waals surface area contributed by atoms with Crippen molar-refractivity contribution in [1.29, 1.82) is 0 Å². The number of carbonyl (C=O) groups is 1. The first-order valence-electron chi connectivity index (χ1n) is 6.12. The Morgan fingerprint density at radius 3 is 2.60 bits per heavy atom. The van der Waals surface area contributed by atoms with E-state index in [1.165, 1.54) is 0 Å². The Morgan fingerprint density at radius 2 is 1.90 bits per heavy atom. The summed E-state index contributed by atoms with van der Waals surface area (Å²) in [4.78, 5) is 11.2. The Bertz CT molecular complexity index is 587. The standard InChI is InChI=1S/C15H14BrNO3/c16-12-7-4-8-13(14(12)15(18)19)17-9-10-20-11-5-2-1-3-6-11/h1-8,17H,9-10H2,(H,18,19). The molecular formula is C15H14BrNO3. The lowest BCUT2D eigenvalue weighted by Crippen LogP contribution is -2.14. The second kappa shape index (κ2) is 6.96. The molecule has 0 aromatic heterocycles. The van der Waals surface area contributed by atoms with E-state index in [-0.39, 0.29) is 5.56 Å². The normalized spacial score (nSPS) is 10.1. The summed E-state index contributed by atoms with van der Waals surface area (Å²) < 4.78 is 6.09. The summed E-state index contributed by atoms with van der Waals surface area (Å²) in [5.41, 5.74) is 0.802. The van der Waals surface area contributed by atoms with Gasteiger partial charge < -0.3 is 15.2 Å². The molecule has 0 saturated carbocycles. The topological polar surface area (TPSA) is 58.6 Å². The number of ether oxygens (including phenoxy) is 1. The van der Waals surface area contributed by atoms with Crippen LogP contribution < -0.4 is 10.1 Å². The molecule has 0 aliphatic heterocycles. The molecule has 0 spiro atoms. The average Bonchev–Trinajstić information content (AvgIpc) is 2.44. The number of anilines is 1. The van der Waals surface area contributed by atoms with E-state index < -0.39 is 5.97 Å². The number of para-hydroxylation sites is 1. The van der Waals surface area contributed by atoms with E-state index in [0.717, 1.165) is 5.75 Å². The zero-order chi connectivity index (χ0) is 14.4. The van der Waals surface area contributed by atoms with Crippen molar-refractivity contribution < 1.29 is 14.6 Å². The van der Waals surface area contributed by atoms with Gasteiger partial charge in [0.2, 0.25) is 0 Å². The molecule has 0 unspecified atom stereocenters. The van der Waals surface area contributed by atoms with Crippen LogP contribution in [-0.2, 0) is 0 Å². The highest BCUT2D eigenvalue weighted by atomic mass is 79.9. The van der Waals surface area contributed by atoms with Crippen LogP contribution in [-0.4, -0.2) is 24.2 Å². The predicted molar refractivity (Wildman–Crippen MR) is 81.5 cm³/mol. The van der Waals surface area contributed by atoms with Gasteiger partial charge >= 0.3 is 5.97 Å². The van der Waals surface area contributed by atoms with Crippen molar-refractivity contribution >= 4 is 27.6 Å². The number of hydrogen-bond acceptors (Lipinski definition) is 3. The molecule has 0 atom stereocenters. The Morgan fingerprint density at radius 1 is 1.15 bits per heavy atom. The smallest absolute Gasteiger partial charge is 0.338 e. The molecule has 0 bridgehead atoms. The Balaban J connectivity index is 1.92. The molecule has 0 radical (unpaired) electrons. The van der Waals surface area contributed by atoms with Gasteiger partial charge in [0.1, 0.15) is 12.4 Å². The first-order chi connectivity index (χ1) is 9.68. The van der Waals surface area contributed by atoms with Crippen LogP contribution >= 0.6 is 15.9 Å². The van der Waals surface area contributed by atoms with Crippen LogP contribution in [0.5, 0.6) is 5.75 Å². The van der Waals surface area contributed by atoms with E-state index >= 15 is 0 Å². The summed E-state index contributed by atoms with van der Waals surface area (Å²) in [6.45, 7) is 0.973. The number of rotatable bonds is 6. The van der Waals surface area contributed by atoms with E-state index in [0.29, 0.717) is 23.3 Å². The van der Waals surface area contributed by atoms with Gasteiger partial charge in [0.25, 0.3) is 0 Å². The number of carboxylic acid groups (broad SMARTS) is 1. The molecule has 104 valence electrons. The fraction of sp³-hybridized carbons (Fsp3) is 0.133. The van der Waals surface area contributed by atoms with Crippen molar-refractivity contribution in [2.45, 2.75) is 0 Å². The zero-order valence-electron chi connectivity index (χ0n) is 10.7. The summed E-state index contributed by atoms with van der Waals surface area (Å²) >= 11 is 3.24. The molecule has 2 rings (SSSR count). The van der Waals surface area contributed by atoms with Gasteiger partial charge in [-0.3, -0.25) is 0 Å². The highest BCUT2D eigenvalue weighted by Gasteiger charge is 2.13. The number of benzene rings is 2. The van der Waals surface area contributed by atoms with Crippen LogP contribution in [0.25, 0.3) is 0 Å². The quantitative estimate of drug-likeness (QED) is 0.791. The van der Waals surface area contributed by atoms with Gasteiger partial charge in [0.05, 0.1) is 5.56 Å². The lowest BCUT2D eigenvalue weighted by atomic mass is 10.2. The first-order valence-corrected chi connectivity index (χ1v) is 6.91. The van der Waals surface area contributed by atoms with Crippen molar-refractivity contribution in [2.24, 2.45) is 0 Å². The van der Waals surface area contributed by atoms with Crippen molar-refractivity contribution in [3.8, 4) is 5.75 Å². The van der Waals surface area contributed by atoms with Gasteiger partial charge in [-0.2, -0.15) is 0 Å². The Kier molecular flexibility index (Phi) is 5.01. The van der Waals surface area contributed by atoms with Crippen molar-refractivity contribution in [3.63, 3.8) is 0 Å². The van der Waals surface area contributed by atoms with Crippen LogP contribution in [0.1, 0.15) is 10.4 Å². The monoisotopic (exact) mass is 335 g/mol. The molecule has 0 aliphatic carbocycles. The molecule has 0 aliphatic rings. The highest BCUT2D eigenvalue weighted by molar-refractivity contribution is 9.10. The summed E-state index contributed by atoms with van der Waals surface area (Å²) in [6, 6.07) is 14.7. The average molecular weight is 336 g/mol. The van der Waals surface area contributed by atoms with E-state index in [1.54, 1.807) is 18.2 Å². The fourth-order valence-electron chi connectivity index (χ4n) is 1.76. The summed E-state index contributed by atoms with van der Waals surface area (Å²) in [5, 5.41) is 12.2. The molecule has 2 N–H and O–H groups in total. The maximum atomic E-state index is 11.2. The van der Waals surface area contributed by atoms with Gasteiger partial charge in [0.15, 0.2) is 0 Å². The molecule has 0 heterocycles. The predicted octanol–water partition coefficient (Wildman–Crippen LogP) is 3.64. The minimum Gasteiger partial charge on any atom is -0.492 e. The SMILES string of the molecule is O=C(O)c1c(Br)cccc1NCCOc1ccccc1.